The van der Waals surface area contributed by atoms with Crippen molar-refractivity contribution < 1.29 is 18.8 Å². The largest absolute Gasteiger partial charge is 0.444 e. The van der Waals surface area contributed by atoms with Gasteiger partial charge in [-0.1, -0.05) is 18.2 Å². The summed E-state index contributed by atoms with van der Waals surface area (Å²) >= 11 is 3.11. The highest BCUT2D eigenvalue weighted by Gasteiger charge is 2.18. The number of nitrogens with one attached hydrogen (secondary N) is 2. The SMILES string of the molecule is CN(CC(=O)NCC(=O)Nc1ccccc1)C(=O)c1ccc(Br)o1. The zero-order valence-corrected chi connectivity index (χ0v) is 14.5. The van der Waals surface area contributed by atoms with E-state index in [0.717, 1.165) is 0 Å². The summed E-state index contributed by atoms with van der Waals surface area (Å²) in [6.07, 6.45) is 0. The summed E-state index contributed by atoms with van der Waals surface area (Å²) in [6, 6.07) is 12.0. The van der Waals surface area contributed by atoms with Crippen LogP contribution in [0.4, 0.5) is 5.69 Å². The lowest BCUT2D eigenvalue weighted by atomic mass is 10.3. The monoisotopic (exact) mass is 393 g/mol. The first-order chi connectivity index (χ1) is 11.5. The molecule has 8 heteroatoms. The zero-order valence-electron chi connectivity index (χ0n) is 12.9. The van der Waals surface area contributed by atoms with Gasteiger partial charge in [-0.2, -0.15) is 0 Å². The highest BCUT2D eigenvalue weighted by atomic mass is 79.9. The van der Waals surface area contributed by atoms with E-state index in [1.807, 2.05) is 6.07 Å². The Bertz CT molecular complexity index is 730. The molecule has 0 aliphatic heterocycles. The van der Waals surface area contributed by atoms with Crippen molar-refractivity contribution in [3.8, 4) is 0 Å². The Balaban J connectivity index is 1.76. The number of hydrogen-bond acceptors (Lipinski definition) is 4. The van der Waals surface area contributed by atoms with Crippen LogP contribution in [0.5, 0.6) is 0 Å². The van der Waals surface area contributed by atoms with E-state index < -0.39 is 11.8 Å². The number of carbonyl (C=O) groups excluding carboxylic acids is 3. The fraction of sp³-hybridized carbons (Fsp3) is 0.188. The van der Waals surface area contributed by atoms with Gasteiger partial charge in [0.1, 0.15) is 0 Å². The fourth-order valence-electron chi connectivity index (χ4n) is 1.87. The highest BCUT2D eigenvalue weighted by molar-refractivity contribution is 9.10. The number of halogens is 1. The number of amides is 3. The van der Waals surface area contributed by atoms with Crippen molar-refractivity contribution in [2.75, 3.05) is 25.5 Å². The number of benzene rings is 1. The van der Waals surface area contributed by atoms with Crippen LogP contribution in [0.15, 0.2) is 51.6 Å². The van der Waals surface area contributed by atoms with E-state index >= 15 is 0 Å². The molecule has 0 saturated carbocycles. The Morgan fingerprint density at radius 1 is 1.08 bits per heavy atom. The molecule has 0 spiro atoms. The normalized spacial score (nSPS) is 10.1. The molecule has 1 heterocycles. The van der Waals surface area contributed by atoms with Crippen LogP contribution in [-0.2, 0) is 9.59 Å². The molecule has 0 atom stereocenters. The molecule has 0 radical (unpaired) electrons. The van der Waals surface area contributed by atoms with Crippen LogP contribution in [0.1, 0.15) is 10.6 Å². The fourth-order valence-corrected chi connectivity index (χ4v) is 2.17. The Labute approximate surface area is 147 Å². The molecule has 2 aromatic rings. The maximum Gasteiger partial charge on any atom is 0.289 e. The second-order valence-corrected chi connectivity index (χ2v) is 5.74. The molecule has 0 saturated heterocycles. The van der Waals surface area contributed by atoms with Crippen LogP contribution in [0.2, 0.25) is 0 Å². The molecular formula is C16H16BrN3O4. The maximum atomic E-state index is 12.0. The standard InChI is InChI=1S/C16H16BrN3O4/c1-20(16(23)12-7-8-13(17)24-12)10-15(22)18-9-14(21)19-11-5-3-2-4-6-11/h2-8H,9-10H2,1H3,(H,18,22)(H,19,21). The van der Waals surface area contributed by atoms with E-state index in [1.54, 1.807) is 30.3 Å². The first-order valence-electron chi connectivity index (χ1n) is 7.08. The number of para-hydroxylation sites is 1. The number of carbonyl (C=O) groups is 3. The second kappa shape index (κ2) is 8.30. The van der Waals surface area contributed by atoms with Crippen LogP contribution in [0.25, 0.3) is 0 Å². The molecule has 0 unspecified atom stereocenters. The first kappa shape index (κ1) is 17.7. The van der Waals surface area contributed by atoms with Crippen molar-refractivity contribution in [2.24, 2.45) is 0 Å². The number of hydrogen-bond donors (Lipinski definition) is 2. The highest BCUT2D eigenvalue weighted by Crippen LogP contribution is 2.15. The minimum Gasteiger partial charge on any atom is -0.444 e. The summed E-state index contributed by atoms with van der Waals surface area (Å²) < 4.78 is 5.57. The average Bonchev–Trinajstić information content (AvgIpc) is 2.99. The van der Waals surface area contributed by atoms with Gasteiger partial charge in [0.05, 0.1) is 13.1 Å². The molecule has 24 heavy (non-hydrogen) atoms. The van der Waals surface area contributed by atoms with Gasteiger partial charge >= 0.3 is 0 Å². The van der Waals surface area contributed by atoms with Crippen molar-refractivity contribution in [1.29, 1.82) is 0 Å². The van der Waals surface area contributed by atoms with E-state index in [2.05, 4.69) is 26.6 Å². The molecule has 0 aliphatic rings. The lowest BCUT2D eigenvalue weighted by Crippen LogP contribution is -2.41. The van der Waals surface area contributed by atoms with Crippen molar-refractivity contribution in [2.45, 2.75) is 0 Å². The third-order valence-electron chi connectivity index (χ3n) is 3.02. The second-order valence-electron chi connectivity index (χ2n) is 4.96. The molecule has 0 aliphatic carbocycles. The minimum absolute atomic E-state index is 0.124. The van der Waals surface area contributed by atoms with E-state index in [4.69, 9.17) is 4.42 Å². The van der Waals surface area contributed by atoms with Crippen LogP contribution in [-0.4, -0.2) is 42.8 Å². The number of nitrogens with zero attached hydrogens (tertiary/aromatic N) is 1. The van der Waals surface area contributed by atoms with Gasteiger partial charge in [-0.25, -0.2) is 0 Å². The summed E-state index contributed by atoms with van der Waals surface area (Å²) in [7, 11) is 1.47. The average molecular weight is 394 g/mol. The van der Waals surface area contributed by atoms with Crippen molar-refractivity contribution in [3.63, 3.8) is 0 Å². The molecule has 3 amide bonds. The molecule has 7 nitrogen and oxygen atoms in total. The van der Waals surface area contributed by atoms with E-state index in [-0.39, 0.29) is 24.8 Å². The lowest BCUT2D eigenvalue weighted by Gasteiger charge is -2.15. The van der Waals surface area contributed by atoms with E-state index in [9.17, 15) is 14.4 Å². The van der Waals surface area contributed by atoms with Crippen molar-refractivity contribution >= 4 is 39.3 Å². The summed E-state index contributed by atoms with van der Waals surface area (Å²) in [5, 5.41) is 5.11. The third-order valence-corrected chi connectivity index (χ3v) is 3.44. The Morgan fingerprint density at radius 3 is 2.42 bits per heavy atom. The van der Waals surface area contributed by atoms with Crippen molar-refractivity contribution in [1.82, 2.24) is 10.2 Å². The van der Waals surface area contributed by atoms with Gasteiger partial charge < -0.3 is 20.0 Å². The molecule has 126 valence electrons. The molecule has 2 rings (SSSR count). The Kier molecular flexibility index (Phi) is 6.14. The van der Waals surface area contributed by atoms with Gasteiger partial charge in [0, 0.05) is 12.7 Å². The van der Waals surface area contributed by atoms with Gasteiger partial charge in [-0.3, -0.25) is 14.4 Å². The number of furan rings is 1. The predicted octanol–water partition coefficient (Wildman–Crippen LogP) is 1.87. The maximum absolute atomic E-state index is 12.0. The summed E-state index contributed by atoms with van der Waals surface area (Å²) in [5.41, 5.74) is 0.646. The van der Waals surface area contributed by atoms with E-state index in [0.29, 0.717) is 10.4 Å². The molecule has 0 bridgehead atoms. The lowest BCUT2D eigenvalue weighted by molar-refractivity contribution is -0.124. The van der Waals surface area contributed by atoms with Gasteiger partial charge in [0.15, 0.2) is 10.4 Å². The van der Waals surface area contributed by atoms with Crippen molar-refractivity contribution in [3.05, 3.63) is 52.9 Å². The van der Waals surface area contributed by atoms with E-state index in [1.165, 1.54) is 18.0 Å². The Morgan fingerprint density at radius 2 is 1.79 bits per heavy atom. The minimum atomic E-state index is -0.445. The summed E-state index contributed by atoms with van der Waals surface area (Å²) in [6.45, 7) is -0.363. The zero-order chi connectivity index (χ0) is 17.5. The van der Waals surface area contributed by atoms with Crippen LogP contribution >= 0.6 is 15.9 Å². The molecule has 1 aromatic carbocycles. The number of rotatable bonds is 6. The molecular weight excluding hydrogens is 378 g/mol. The summed E-state index contributed by atoms with van der Waals surface area (Å²) in [4.78, 5) is 36.8. The Hall–Kier alpha value is -2.61. The van der Waals surface area contributed by atoms with Crippen LogP contribution in [0, 0.1) is 0 Å². The number of anilines is 1. The van der Waals surface area contributed by atoms with Crippen LogP contribution in [0.3, 0.4) is 0 Å². The quantitative estimate of drug-likeness (QED) is 0.783. The summed E-state index contributed by atoms with van der Waals surface area (Å²) in [5.74, 6) is -1.10. The van der Waals surface area contributed by atoms with Crippen LogP contribution < -0.4 is 10.6 Å². The molecule has 0 fully saturated rings. The van der Waals surface area contributed by atoms with Gasteiger partial charge in [0.2, 0.25) is 11.8 Å². The topological polar surface area (TPSA) is 91.7 Å². The third kappa shape index (κ3) is 5.24. The smallest absolute Gasteiger partial charge is 0.289 e. The first-order valence-corrected chi connectivity index (χ1v) is 7.87. The number of likely N-dealkylation sites (N-methyl/N-ethyl adjacent to an activating group) is 1. The van der Waals surface area contributed by atoms with Gasteiger partial charge in [-0.15, -0.1) is 0 Å². The van der Waals surface area contributed by atoms with Gasteiger partial charge in [-0.05, 0) is 40.2 Å². The van der Waals surface area contributed by atoms with Gasteiger partial charge in [0.25, 0.3) is 5.91 Å². The molecule has 2 N–H and O–H groups in total. The molecule has 1 aromatic heterocycles. The predicted molar refractivity (Wildman–Crippen MR) is 91.4 cm³/mol.